The van der Waals surface area contributed by atoms with E-state index in [1.54, 1.807) is 54.6 Å². The lowest BCUT2D eigenvalue weighted by atomic mass is 10.2. The van der Waals surface area contributed by atoms with E-state index in [9.17, 15) is 13.6 Å². The number of fused-ring (bicyclic) bond motifs is 1. The average Bonchev–Trinajstić information content (AvgIpc) is 3.44. The fourth-order valence-corrected chi connectivity index (χ4v) is 3.59. The van der Waals surface area contributed by atoms with Gasteiger partial charge in [0.15, 0.2) is 23.0 Å². The standard InChI is InChI=1S/C24H12Cl2F2N2O3/c25-13-3-1-12(2-4-13)20-7-8-22(32-20)23(31)29-14-5-6-21-19(9-14)30-24(33-21)15-10-17(27)18(28)11-16(15)26/h1-11H,(H,29,31). The van der Waals surface area contributed by atoms with E-state index in [2.05, 4.69) is 10.3 Å². The second-order valence-corrected chi connectivity index (χ2v) is 7.92. The second kappa shape index (κ2) is 8.35. The van der Waals surface area contributed by atoms with Crippen LogP contribution in [0.5, 0.6) is 0 Å². The fraction of sp³-hybridized carbons (Fsp3) is 0. The summed E-state index contributed by atoms with van der Waals surface area (Å²) >= 11 is 11.9. The summed E-state index contributed by atoms with van der Waals surface area (Å²) in [4.78, 5) is 16.9. The number of halogens is 4. The Morgan fingerprint density at radius 1 is 0.879 bits per heavy atom. The zero-order chi connectivity index (χ0) is 23.1. The number of nitrogens with zero attached hydrogens (tertiary/aromatic N) is 1. The van der Waals surface area contributed by atoms with Gasteiger partial charge in [-0.2, -0.15) is 0 Å². The molecule has 0 aliphatic rings. The number of aromatic nitrogens is 1. The van der Waals surface area contributed by atoms with Gasteiger partial charge in [-0.1, -0.05) is 23.2 Å². The van der Waals surface area contributed by atoms with Gasteiger partial charge < -0.3 is 14.2 Å². The lowest BCUT2D eigenvalue weighted by Crippen LogP contribution is -2.10. The third-order valence-corrected chi connectivity index (χ3v) is 5.41. The maximum atomic E-state index is 13.6. The zero-order valence-electron chi connectivity index (χ0n) is 16.5. The summed E-state index contributed by atoms with van der Waals surface area (Å²) in [5.41, 5.74) is 2.11. The molecule has 5 aromatic rings. The van der Waals surface area contributed by atoms with Crippen molar-refractivity contribution in [1.82, 2.24) is 4.98 Å². The number of furan rings is 1. The van der Waals surface area contributed by atoms with Crippen LogP contribution in [-0.4, -0.2) is 10.9 Å². The Kier molecular flexibility index (Phi) is 5.36. The Bertz CT molecular complexity index is 1510. The van der Waals surface area contributed by atoms with Crippen LogP contribution in [0.2, 0.25) is 10.0 Å². The molecule has 164 valence electrons. The van der Waals surface area contributed by atoms with Gasteiger partial charge in [0.05, 0.1) is 10.6 Å². The van der Waals surface area contributed by atoms with E-state index in [0.717, 1.165) is 17.7 Å². The van der Waals surface area contributed by atoms with Crippen LogP contribution in [0.25, 0.3) is 33.9 Å². The molecule has 0 saturated carbocycles. The highest BCUT2D eigenvalue weighted by atomic mass is 35.5. The Morgan fingerprint density at radius 2 is 1.64 bits per heavy atom. The molecule has 0 aliphatic carbocycles. The van der Waals surface area contributed by atoms with Crippen molar-refractivity contribution in [2.75, 3.05) is 5.32 Å². The number of rotatable bonds is 4. The van der Waals surface area contributed by atoms with Crippen molar-refractivity contribution in [3.8, 4) is 22.8 Å². The van der Waals surface area contributed by atoms with E-state index in [1.807, 2.05) is 0 Å². The topological polar surface area (TPSA) is 68.3 Å². The molecule has 0 aliphatic heterocycles. The van der Waals surface area contributed by atoms with Gasteiger partial charge in [-0.3, -0.25) is 4.79 Å². The fourth-order valence-electron chi connectivity index (χ4n) is 3.23. The highest BCUT2D eigenvalue weighted by molar-refractivity contribution is 6.33. The monoisotopic (exact) mass is 484 g/mol. The number of oxazole rings is 1. The molecular weight excluding hydrogens is 473 g/mol. The van der Waals surface area contributed by atoms with Crippen LogP contribution in [0.15, 0.2) is 75.6 Å². The highest BCUT2D eigenvalue weighted by Gasteiger charge is 2.17. The van der Waals surface area contributed by atoms with Crippen molar-refractivity contribution in [2.24, 2.45) is 0 Å². The maximum Gasteiger partial charge on any atom is 0.291 e. The quantitative estimate of drug-likeness (QED) is 0.266. The first-order valence-electron chi connectivity index (χ1n) is 9.60. The van der Waals surface area contributed by atoms with Gasteiger partial charge in [0.1, 0.15) is 11.3 Å². The number of carbonyl (C=O) groups is 1. The van der Waals surface area contributed by atoms with Crippen molar-refractivity contribution >= 4 is 45.9 Å². The molecule has 5 rings (SSSR count). The molecule has 2 aromatic heterocycles. The Balaban J connectivity index is 1.38. The van der Waals surface area contributed by atoms with Crippen molar-refractivity contribution in [3.63, 3.8) is 0 Å². The number of hydrogen-bond acceptors (Lipinski definition) is 4. The Morgan fingerprint density at radius 3 is 2.42 bits per heavy atom. The first-order chi connectivity index (χ1) is 15.9. The minimum atomic E-state index is -1.07. The summed E-state index contributed by atoms with van der Waals surface area (Å²) in [5, 5.41) is 3.29. The summed E-state index contributed by atoms with van der Waals surface area (Å²) in [6.45, 7) is 0. The number of amides is 1. The smallest absolute Gasteiger partial charge is 0.291 e. The molecule has 9 heteroatoms. The second-order valence-electron chi connectivity index (χ2n) is 7.07. The average molecular weight is 485 g/mol. The van der Waals surface area contributed by atoms with E-state index in [0.29, 0.717) is 27.6 Å². The molecule has 3 aromatic carbocycles. The largest absolute Gasteiger partial charge is 0.451 e. The molecule has 0 spiro atoms. The molecule has 0 fully saturated rings. The van der Waals surface area contributed by atoms with Gasteiger partial charge in [0.25, 0.3) is 5.91 Å². The first-order valence-corrected chi connectivity index (χ1v) is 10.4. The van der Waals surface area contributed by atoms with Crippen LogP contribution in [-0.2, 0) is 0 Å². The maximum absolute atomic E-state index is 13.6. The lowest BCUT2D eigenvalue weighted by Gasteiger charge is -2.02. The van der Waals surface area contributed by atoms with E-state index in [4.69, 9.17) is 32.0 Å². The Hall–Kier alpha value is -3.68. The molecule has 0 unspecified atom stereocenters. The van der Waals surface area contributed by atoms with Crippen molar-refractivity contribution in [2.45, 2.75) is 0 Å². The SMILES string of the molecule is O=C(Nc1ccc2oc(-c3cc(F)c(F)cc3Cl)nc2c1)c1ccc(-c2ccc(Cl)cc2)o1. The molecule has 33 heavy (non-hydrogen) atoms. The molecular formula is C24H12Cl2F2N2O3. The molecule has 0 radical (unpaired) electrons. The van der Waals surface area contributed by atoms with E-state index in [1.165, 1.54) is 0 Å². The number of benzene rings is 3. The predicted octanol–water partition coefficient (Wildman–Crippen LogP) is 7.59. The lowest BCUT2D eigenvalue weighted by molar-refractivity contribution is 0.0997. The van der Waals surface area contributed by atoms with Crippen LogP contribution in [0, 0.1) is 11.6 Å². The molecule has 1 N–H and O–H groups in total. The van der Waals surface area contributed by atoms with Crippen LogP contribution < -0.4 is 5.32 Å². The van der Waals surface area contributed by atoms with Crippen LogP contribution in [0.1, 0.15) is 10.6 Å². The van der Waals surface area contributed by atoms with Crippen LogP contribution in [0.3, 0.4) is 0 Å². The summed E-state index contributed by atoms with van der Waals surface area (Å²) in [5.74, 6) is -1.92. The molecule has 1 amide bonds. The third kappa shape index (κ3) is 4.20. The molecule has 0 atom stereocenters. The minimum absolute atomic E-state index is 0.0241. The zero-order valence-corrected chi connectivity index (χ0v) is 18.0. The number of carbonyl (C=O) groups excluding carboxylic acids is 1. The van der Waals surface area contributed by atoms with Crippen LogP contribution >= 0.6 is 23.2 Å². The van der Waals surface area contributed by atoms with E-state index < -0.39 is 17.5 Å². The van der Waals surface area contributed by atoms with Gasteiger partial charge in [-0.15, -0.1) is 0 Å². The normalized spacial score (nSPS) is 11.2. The number of nitrogens with one attached hydrogen (secondary N) is 1. The number of hydrogen-bond donors (Lipinski definition) is 1. The van der Waals surface area contributed by atoms with E-state index in [-0.39, 0.29) is 22.2 Å². The highest BCUT2D eigenvalue weighted by Crippen LogP contribution is 2.32. The van der Waals surface area contributed by atoms with Crippen molar-refractivity contribution in [1.29, 1.82) is 0 Å². The predicted molar refractivity (Wildman–Crippen MR) is 121 cm³/mol. The summed E-state index contributed by atoms with van der Waals surface area (Å²) in [6.07, 6.45) is 0. The number of anilines is 1. The van der Waals surface area contributed by atoms with Crippen molar-refractivity contribution < 1.29 is 22.4 Å². The summed E-state index contributed by atoms with van der Waals surface area (Å²) in [6, 6.07) is 16.9. The van der Waals surface area contributed by atoms with Gasteiger partial charge in [0.2, 0.25) is 5.89 Å². The van der Waals surface area contributed by atoms with Crippen LogP contribution in [0.4, 0.5) is 14.5 Å². The summed E-state index contributed by atoms with van der Waals surface area (Å²) in [7, 11) is 0. The van der Waals surface area contributed by atoms with Crippen molar-refractivity contribution in [3.05, 3.63) is 94.2 Å². The molecule has 2 heterocycles. The van der Waals surface area contributed by atoms with Gasteiger partial charge >= 0.3 is 0 Å². The van der Waals surface area contributed by atoms with Gasteiger partial charge in [-0.05, 0) is 66.7 Å². The summed E-state index contributed by atoms with van der Waals surface area (Å²) < 4.78 is 38.2. The molecule has 0 saturated heterocycles. The minimum Gasteiger partial charge on any atom is -0.451 e. The van der Waals surface area contributed by atoms with E-state index >= 15 is 0 Å². The first kappa shape index (κ1) is 21.2. The van der Waals surface area contributed by atoms with Gasteiger partial charge in [-0.25, -0.2) is 13.8 Å². The Labute approximate surface area is 195 Å². The van der Waals surface area contributed by atoms with Gasteiger partial charge in [0, 0.05) is 16.3 Å². The third-order valence-electron chi connectivity index (χ3n) is 4.84. The molecule has 5 nitrogen and oxygen atoms in total. The molecule has 0 bridgehead atoms.